The molecule has 1 aromatic carbocycles. The van der Waals surface area contributed by atoms with E-state index in [9.17, 15) is 8.42 Å². The summed E-state index contributed by atoms with van der Waals surface area (Å²) in [5.41, 5.74) is 3.11. The van der Waals surface area contributed by atoms with Gasteiger partial charge in [-0.3, -0.25) is 4.98 Å². The molecule has 0 fully saturated rings. The van der Waals surface area contributed by atoms with Gasteiger partial charge in [0.1, 0.15) is 10.5 Å². The zero-order valence-electron chi connectivity index (χ0n) is 13.3. The molecule has 0 unspecified atom stereocenters. The summed E-state index contributed by atoms with van der Waals surface area (Å²) in [7, 11) is -3.21. The Hall–Kier alpha value is -2.58. The molecule has 3 aromatic heterocycles. The topological polar surface area (TPSA) is 77.7 Å². The van der Waals surface area contributed by atoms with Crippen LogP contribution >= 0.6 is 11.3 Å². The number of sulfone groups is 1. The average Bonchev–Trinajstić information content (AvgIpc) is 3.24. The van der Waals surface area contributed by atoms with Crippen LogP contribution in [0, 0.1) is 0 Å². The van der Waals surface area contributed by atoms with Crippen molar-refractivity contribution in [3.63, 3.8) is 0 Å². The molecule has 3 heterocycles. The Kier molecular flexibility index (Phi) is 3.85. The largest absolute Gasteiger partial charge is 0.324 e. The smallest absolute Gasteiger partial charge is 0.175 e. The average molecular weight is 370 g/mol. The highest BCUT2D eigenvalue weighted by molar-refractivity contribution is 7.90. The van der Waals surface area contributed by atoms with Crippen molar-refractivity contribution in [2.75, 3.05) is 6.26 Å². The van der Waals surface area contributed by atoms with Gasteiger partial charge in [-0.25, -0.2) is 18.4 Å². The first-order chi connectivity index (χ1) is 12.0. The molecule has 0 aliphatic heterocycles. The van der Waals surface area contributed by atoms with Gasteiger partial charge in [0.25, 0.3) is 0 Å². The first kappa shape index (κ1) is 15.9. The van der Waals surface area contributed by atoms with Crippen LogP contribution in [0.4, 0.5) is 0 Å². The van der Waals surface area contributed by atoms with E-state index in [0.717, 1.165) is 21.7 Å². The molecule has 126 valence electrons. The van der Waals surface area contributed by atoms with E-state index in [-0.39, 0.29) is 4.90 Å². The van der Waals surface area contributed by atoms with Crippen LogP contribution in [0.1, 0.15) is 5.01 Å². The molecule has 0 bridgehead atoms. The van der Waals surface area contributed by atoms with Crippen molar-refractivity contribution < 1.29 is 8.42 Å². The van der Waals surface area contributed by atoms with Crippen LogP contribution in [0.2, 0.25) is 0 Å². The number of fused-ring (bicyclic) bond motifs is 1. The Balaban J connectivity index is 1.73. The minimum Gasteiger partial charge on any atom is -0.324 e. The van der Waals surface area contributed by atoms with Gasteiger partial charge in [0, 0.05) is 29.6 Å². The third kappa shape index (κ3) is 3.18. The maximum Gasteiger partial charge on any atom is 0.175 e. The summed E-state index contributed by atoms with van der Waals surface area (Å²) in [5.74, 6) is 0. The molecule has 0 aliphatic rings. The van der Waals surface area contributed by atoms with Gasteiger partial charge in [0.05, 0.1) is 23.3 Å². The van der Waals surface area contributed by atoms with Crippen molar-refractivity contribution in [2.24, 2.45) is 0 Å². The Bertz CT molecular complexity index is 1130. The van der Waals surface area contributed by atoms with E-state index in [1.165, 1.54) is 6.26 Å². The molecule has 0 aliphatic carbocycles. The molecule has 6 nitrogen and oxygen atoms in total. The standard InChI is InChI=1S/C17H14N4O2S2/c1-25(22,23)13-4-2-12(3-5-13)15-10-19-14-6-8-21(17(14)20-15)11-16-18-7-9-24-16/h2-10H,11H2,1H3. The van der Waals surface area contributed by atoms with E-state index < -0.39 is 9.84 Å². The molecule has 4 rings (SSSR count). The van der Waals surface area contributed by atoms with Crippen molar-refractivity contribution in [1.29, 1.82) is 0 Å². The number of hydrogen-bond donors (Lipinski definition) is 0. The zero-order valence-corrected chi connectivity index (χ0v) is 15.0. The van der Waals surface area contributed by atoms with E-state index in [0.29, 0.717) is 12.2 Å². The minimum atomic E-state index is -3.21. The molecule has 0 radical (unpaired) electrons. The zero-order chi connectivity index (χ0) is 17.4. The highest BCUT2D eigenvalue weighted by Gasteiger charge is 2.10. The Labute approximate surface area is 148 Å². The van der Waals surface area contributed by atoms with Gasteiger partial charge >= 0.3 is 0 Å². The molecule has 0 amide bonds. The van der Waals surface area contributed by atoms with Gasteiger partial charge in [0.15, 0.2) is 15.5 Å². The molecule has 0 atom stereocenters. The van der Waals surface area contributed by atoms with E-state index in [1.807, 2.05) is 22.2 Å². The van der Waals surface area contributed by atoms with Crippen LogP contribution in [-0.2, 0) is 16.4 Å². The van der Waals surface area contributed by atoms with Crippen molar-refractivity contribution in [2.45, 2.75) is 11.4 Å². The van der Waals surface area contributed by atoms with Crippen LogP contribution in [0.15, 0.2) is 59.2 Å². The van der Waals surface area contributed by atoms with Crippen molar-refractivity contribution >= 4 is 32.3 Å². The first-order valence-corrected chi connectivity index (χ1v) is 10.3. The lowest BCUT2D eigenvalue weighted by atomic mass is 10.2. The Morgan fingerprint density at radius 1 is 1.12 bits per heavy atom. The molecule has 8 heteroatoms. The summed E-state index contributed by atoms with van der Waals surface area (Å²) in [4.78, 5) is 13.8. The van der Waals surface area contributed by atoms with Crippen LogP contribution in [-0.4, -0.2) is 34.2 Å². The van der Waals surface area contributed by atoms with Gasteiger partial charge in [-0.1, -0.05) is 12.1 Å². The van der Waals surface area contributed by atoms with Gasteiger partial charge < -0.3 is 4.57 Å². The van der Waals surface area contributed by atoms with E-state index in [2.05, 4.69) is 9.97 Å². The van der Waals surface area contributed by atoms with E-state index in [1.54, 1.807) is 48.0 Å². The molecule has 25 heavy (non-hydrogen) atoms. The molecule has 0 saturated heterocycles. The molecular formula is C17H14N4O2S2. The summed E-state index contributed by atoms with van der Waals surface area (Å²) in [6.45, 7) is 0.645. The first-order valence-electron chi connectivity index (χ1n) is 7.51. The number of hydrogen-bond acceptors (Lipinski definition) is 6. The fraction of sp³-hybridized carbons (Fsp3) is 0.118. The summed E-state index contributed by atoms with van der Waals surface area (Å²) in [6, 6.07) is 8.60. The highest BCUT2D eigenvalue weighted by atomic mass is 32.2. The second-order valence-corrected chi connectivity index (χ2v) is 8.62. The van der Waals surface area contributed by atoms with Crippen molar-refractivity contribution in [3.05, 3.63) is 59.3 Å². The van der Waals surface area contributed by atoms with Crippen molar-refractivity contribution in [3.8, 4) is 11.3 Å². The Morgan fingerprint density at radius 3 is 2.60 bits per heavy atom. The Morgan fingerprint density at radius 2 is 1.92 bits per heavy atom. The monoisotopic (exact) mass is 370 g/mol. The third-order valence-corrected chi connectivity index (χ3v) is 5.73. The number of nitrogens with zero attached hydrogens (tertiary/aromatic N) is 4. The number of aromatic nitrogens is 4. The van der Waals surface area contributed by atoms with Gasteiger partial charge in [-0.15, -0.1) is 11.3 Å². The SMILES string of the molecule is CS(=O)(=O)c1ccc(-c2cnc3ccn(Cc4nccs4)c3n2)cc1. The van der Waals surface area contributed by atoms with E-state index in [4.69, 9.17) is 4.98 Å². The van der Waals surface area contributed by atoms with Crippen LogP contribution in [0.25, 0.3) is 22.4 Å². The second kappa shape index (κ2) is 6.05. The van der Waals surface area contributed by atoms with Gasteiger partial charge in [-0.2, -0.15) is 0 Å². The number of thiazole rings is 1. The fourth-order valence-corrected chi connectivity index (χ4v) is 3.81. The summed E-state index contributed by atoms with van der Waals surface area (Å²) >= 11 is 1.60. The highest BCUT2D eigenvalue weighted by Crippen LogP contribution is 2.22. The predicted octanol–water partition coefficient (Wildman–Crippen LogP) is 3.01. The molecule has 0 spiro atoms. The van der Waals surface area contributed by atoms with Gasteiger partial charge in [-0.05, 0) is 18.2 Å². The second-order valence-electron chi connectivity index (χ2n) is 5.63. The quantitative estimate of drug-likeness (QED) is 0.552. The van der Waals surface area contributed by atoms with Crippen LogP contribution in [0.3, 0.4) is 0 Å². The normalized spacial score (nSPS) is 11.9. The third-order valence-electron chi connectivity index (χ3n) is 3.83. The lowest BCUT2D eigenvalue weighted by Gasteiger charge is -2.05. The molecular weight excluding hydrogens is 356 g/mol. The number of rotatable bonds is 4. The lowest BCUT2D eigenvalue weighted by molar-refractivity contribution is 0.602. The van der Waals surface area contributed by atoms with Crippen LogP contribution in [0.5, 0.6) is 0 Å². The lowest BCUT2D eigenvalue weighted by Crippen LogP contribution is -2.00. The molecule has 0 N–H and O–H groups in total. The summed E-state index contributed by atoms with van der Waals surface area (Å²) in [5, 5.41) is 2.95. The van der Waals surface area contributed by atoms with Gasteiger partial charge in [0.2, 0.25) is 0 Å². The molecule has 0 saturated carbocycles. The maximum absolute atomic E-state index is 11.6. The molecule has 4 aromatic rings. The van der Waals surface area contributed by atoms with Crippen LogP contribution < -0.4 is 0 Å². The maximum atomic E-state index is 11.6. The summed E-state index contributed by atoms with van der Waals surface area (Å²) < 4.78 is 25.2. The minimum absolute atomic E-state index is 0.289. The summed E-state index contributed by atoms with van der Waals surface area (Å²) in [6.07, 6.45) is 6.62. The number of benzene rings is 1. The predicted molar refractivity (Wildman–Crippen MR) is 97.3 cm³/mol. The van der Waals surface area contributed by atoms with Crippen molar-refractivity contribution in [1.82, 2.24) is 19.5 Å². The van der Waals surface area contributed by atoms with E-state index >= 15 is 0 Å². The fourth-order valence-electron chi connectivity index (χ4n) is 2.57.